The zero-order chi connectivity index (χ0) is 13.9. The zero-order valence-electron chi connectivity index (χ0n) is 9.84. The second-order valence-electron chi connectivity index (χ2n) is 3.72. The Hall–Kier alpha value is -2.37. The van der Waals surface area contributed by atoms with Gasteiger partial charge < -0.3 is 14.9 Å². The van der Waals surface area contributed by atoms with Gasteiger partial charge in [0.05, 0.1) is 11.1 Å². The van der Waals surface area contributed by atoms with E-state index in [9.17, 15) is 14.4 Å². The molecule has 0 aromatic heterocycles. The van der Waals surface area contributed by atoms with Crippen LogP contribution in [0.2, 0.25) is 0 Å². The number of aromatic carboxylic acids is 2. The summed E-state index contributed by atoms with van der Waals surface area (Å²) in [5.41, 5.74) is 0.570. The first-order chi connectivity index (χ1) is 8.32. The maximum atomic E-state index is 10.6. The summed E-state index contributed by atoms with van der Waals surface area (Å²) < 4.78 is 4.28. The quantitative estimate of drug-likeness (QED) is 0.769. The minimum absolute atomic E-state index is 0.0111. The molecule has 1 aliphatic heterocycles. The third-order valence-corrected chi connectivity index (χ3v) is 2.28. The van der Waals surface area contributed by atoms with Crippen LogP contribution >= 0.6 is 0 Å². The van der Waals surface area contributed by atoms with E-state index in [2.05, 4.69) is 4.74 Å². The van der Waals surface area contributed by atoms with E-state index >= 15 is 0 Å². The molecule has 0 saturated carbocycles. The Labute approximate surface area is 103 Å². The molecular formula is C12H12O6. The van der Waals surface area contributed by atoms with Crippen LogP contribution in [0.15, 0.2) is 18.2 Å². The summed E-state index contributed by atoms with van der Waals surface area (Å²) >= 11 is 0. The molecule has 2 rings (SSSR count). The normalized spacial score (nSPS) is 16.1. The average molecular weight is 252 g/mol. The molecule has 0 bridgehead atoms. The van der Waals surface area contributed by atoms with Crippen LogP contribution < -0.4 is 0 Å². The number of hydrogen-bond donors (Lipinski definition) is 2. The van der Waals surface area contributed by atoms with Gasteiger partial charge in [0, 0.05) is 0 Å². The molecule has 2 N–H and O–H groups in total. The first kappa shape index (κ1) is 13.7. The minimum Gasteiger partial charge on any atom is -0.478 e. The SMILES string of the molecule is CC1OC1=O.Cc1ccc(C(=O)O)cc1C(=O)O. The smallest absolute Gasteiger partial charge is 0.347 e. The molecule has 6 nitrogen and oxygen atoms in total. The first-order valence-corrected chi connectivity index (χ1v) is 5.10. The third kappa shape index (κ3) is 3.58. The lowest BCUT2D eigenvalue weighted by atomic mass is 10.1. The summed E-state index contributed by atoms with van der Waals surface area (Å²) in [7, 11) is 0. The van der Waals surface area contributed by atoms with Gasteiger partial charge in [-0.3, -0.25) is 0 Å². The van der Waals surface area contributed by atoms with E-state index in [4.69, 9.17) is 10.2 Å². The van der Waals surface area contributed by atoms with E-state index in [0.717, 1.165) is 6.07 Å². The standard InChI is InChI=1S/C9H8O4.C3H4O2/c1-5-2-3-6(8(10)11)4-7(5)9(12)13;1-2-3(4)5-2/h2-4H,1H3,(H,10,11)(H,12,13);2H,1H3. The van der Waals surface area contributed by atoms with Crippen molar-refractivity contribution in [3.8, 4) is 0 Å². The first-order valence-electron chi connectivity index (χ1n) is 5.10. The summed E-state index contributed by atoms with van der Waals surface area (Å²) in [5, 5.41) is 17.3. The molecule has 1 heterocycles. The number of benzene rings is 1. The van der Waals surface area contributed by atoms with Gasteiger partial charge in [0.15, 0.2) is 6.10 Å². The minimum atomic E-state index is -1.12. The van der Waals surface area contributed by atoms with Crippen LogP contribution in [0.3, 0.4) is 0 Å². The number of carbonyl (C=O) groups is 3. The van der Waals surface area contributed by atoms with Gasteiger partial charge in [-0.2, -0.15) is 0 Å². The van der Waals surface area contributed by atoms with Crippen molar-refractivity contribution in [2.75, 3.05) is 0 Å². The van der Waals surface area contributed by atoms with Crippen molar-refractivity contribution < 1.29 is 29.3 Å². The van der Waals surface area contributed by atoms with Crippen LogP contribution in [-0.4, -0.2) is 34.2 Å². The average Bonchev–Trinajstić information content (AvgIpc) is 2.92. The highest BCUT2D eigenvalue weighted by Gasteiger charge is 2.31. The van der Waals surface area contributed by atoms with E-state index in [1.807, 2.05) is 0 Å². The number of cyclic esters (lactones) is 1. The predicted molar refractivity (Wildman–Crippen MR) is 60.7 cm³/mol. The van der Waals surface area contributed by atoms with Crippen LogP contribution in [0.4, 0.5) is 0 Å². The molecule has 0 amide bonds. The lowest BCUT2D eigenvalue weighted by Crippen LogP contribution is -2.03. The molecule has 1 unspecified atom stereocenters. The van der Waals surface area contributed by atoms with E-state index in [1.54, 1.807) is 13.8 Å². The molecule has 0 spiro atoms. The molecule has 1 aliphatic rings. The summed E-state index contributed by atoms with van der Waals surface area (Å²) in [4.78, 5) is 30.8. The van der Waals surface area contributed by atoms with Gasteiger partial charge in [-0.25, -0.2) is 14.4 Å². The van der Waals surface area contributed by atoms with E-state index < -0.39 is 11.9 Å². The van der Waals surface area contributed by atoms with Crippen molar-refractivity contribution >= 4 is 17.9 Å². The van der Waals surface area contributed by atoms with Gasteiger partial charge in [-0.15, -0.1) is 0 Å². The van der Waals surface area contributed by atoms with Gasteiger partial charge in [-0.05, 0) is 31.5 Å². The van der Waals surface area contributed by atoms with Crippen LogP contribution in [0.1, 0.15) is 33.2 Å². The highest BCUT2D eigenvalue weighted by molar-refractivity contribution is 5.94. The molecule has 1 aromatic carbocycles. The number of carboxylic acids is 2. The predicted octanol–water partition coefficient (Wildman–Crippen LogP) is 1.32. The van der Waals surface area contributed by atoms with Crippen molar-refractivity contribution in [2.45, 2.75) is 20.0 Å². The molecule has 0 radical (unpaired) electrons. The summed E-state index contributed by atoms with van der Waals surface area (Å²) in [6, 6.07) is 4.01. The highest BCUT2D eigenvalue weighted by atomic mass is 16.6. The van der Waals surface area contributed by atoms with Gasteiger partial charge in [0.1, 0.15) is 0 Å². The zero-order valence-corrected chi connectivity index (χ0v) is 9.84. The Kier molecular flexibility index (Phi) is 4.04. The topological polar surface area (TPSA) is 104 Å². The fourth-order valence-electron chi connectivity index (χ4n) is 1.13. The molecular weight excluding hydrogens is 240 g/mol. The van der Waals surface area contributed by atoms with Crippen LogP contribution in [-0.2, 0) is 9.53 Å². The Morgan fingerprint density at radius 1 is 1.22 bits per heavy atom. The summed E-state index contributed by atoms with van der Waals surface area (Å²) in [6.45, 7) is 3.34. The molecule has 6 heteroatoms. The Balaban J connectivity index is 0.000000269. The van der Waals surface area contributed by atoms with Crippen molar-refractivity contribution in [3.05, 3.63) is 34.9 Å². The number of epoxide rings is 1. The number of rotatable bonds is 2. The van der Waals surface area contributed by atoms with Gasteiger partial charge in [0.25, 0.3) is 0 Å². The number of hydrogen-bond acceptors (Lipinski definition) is 4. The summed E-state index contributed by atoms with van der Waals surface area (Å²) in [6.07, 6.45) is -0.0880. The van der Waals surface area contributed by atoms with Crippen LogP contribution in [0.5, 0.6) is 0 Å². The van der Waals surface area contributed by atoms with Crippen LogP contribution in [0.25, 0.3) is 0 Å². The highest BCUT2D eigenvalue weighted by Crippen LogP contribution is 2.11. The molecule has 1 atom stereocenters. The lowest BCUT2D eigenvalue weighted by Gasteiger charge is -2.01. The monoisotopic (exact) mass is 252 g/mol. The van der Waals surface area contributed by atoms with Gasteiger partial charge >= 0.3 is 17.9 Å². The lowest BCUT2D eigenvalue weighted by molar-refractivity contribution is -0.117. The van der Waals surface area contributed by atoms with Gasteiger partial charge in [-0.1, -0.05) is 6.07 Å². The molecule has 1 aromatic rings. The maximum Gasteiger partial charge on any atom is 0.347 e. The second kappa shape index (κ2) is 5.31. The molecule has 1 fully saturated rings. The van der Waals surface area contributed by atoms with E-state index in [-0.39, 0.29) is 23.2 Å². The Bertz CT molecular complexity index is 505. The summed E-state index contributed by atoms with van der Waals surface area (Å²) in [5.74, 6) is -2.31. The van der Waals surface area contributed by atoms with Crippen LogP contribution in [0, 0.1) is 6.92 Å². The second-order valence-corrected chi connectivity index (χ2v) is 3.72. The number of carbonyl (C=O) groups excluding carboxylic acids is 1. The maximum absolute atomic E-state index is 10.6. The Morgan fingerprint density at radius 3 is 2.06 bits per heavy atom. The largest absolute Gasteiger partial charge is 0.478 e. The van der Waals surface area contributed by atoms with Gasteiger partial charge in [0.2, 0.25) is 0 Å². The van der Waals surface area contributed by atoms with Crippen molar-refractivity contribution in [1.82, 2.24) is 0 Å². The number of ether oxygens (including phenoxy) is 1. The molecule has 0 aliphatic carbocycles. The molecule has 96 valence electrons. The number of aryl methyl sites for hydroxylation is 1. The molecule has 1 saturated heterocycles. The number of carboxylic acid groups (broad SMARTS) is 2. The van der Waals surface area contributed by atoms with E-state index in [0.29, 0.717) is 5.56 Å². The van der Waals surface area contributed by atoms with E-state index in [1.165, 1.54) is 12.1 Å². The van der Waals surface area contributed by atoms with Crippen molar-refractivity contribution in [2.24, 2.45) is 0 Å². The third-order valence-electron chi connectivity index (χ3n) is 2.28. The fraction of sp³-hybridized carbons (Fsp3) is 0.250. The van der Waals surface area contributed by atoms with Crippen molar-refractivity contribution in [1.29, 1.82) is 0 Å². The Morgan fingerprint density at radius 2 is 1.72 bits per heavy atom. The molecule has 18 heavy (non-hydrogen) atoms. The van der Waals surface area contributed by atoms with Crippen molar-refractivity contribution in [3.63, 3.8) is 0 Å². The fourth-order valence-corrected chi connectivity index (χ4v) is 1.13.